The molecule has 0 aliphatic rings. The number of rotatable bonds is 68. The van der Waals surface area contributed by atoms with Gasteiger partial charge in [-0.25, -0.2) is 9.13 Å². The van der Waals surface area contributed by atoms with Crippen molar-refractivity contribution in [3.8, 4) is 0 Å². The van der Waals surface area contributed by atoms with Gasteiger partial charge in [0.2, 0.25) is 0 Å². The predicted molar refractivity (Wildman–Crippen MR) is 363 cm³/mol. The molecule has 0 aromatic heterocycles. The van der Waals surface area contributed by atoms with Gasteiger partial charge in [0.1, 0.15) is 19.3 Å². The van der Waals surface area contributed by atoms with Crippen molar-refractivity contribution in [2.45, 2.75) is 369 Å². The molecule has 534 valence electrons. The smallest absolute Gasteiger partial charge is 0.462 e. The third-order valence-corrected chi connectivity index (χ3v) is 18.6. The van der Waals surface area contributed by atoms with Crippen LogP contribution in [0.15, 0.2) is 0 Å². The van der Waals surface area contributed by atoms with Crippen LogP contribution in [-0.2, 0) is 65.4 Å². The topological polar surface area (TPSA) is 237 Å². The molecule has 0 aliphatic carbocycles. The summed E-state index contributed by atoms with van der Waals surface area (Å²) in [7, 11) is -9.90. The summed E-state index contributed by atoms with van der Waals surface area (Å²) in [5.74, 6) is 0.788. The highest BCUT2D eigenvalue weighted by Gasteiger charge is 2.30. The first-order chi connectivity index (χ1) is 43.1. The van der Waals surface area contributed by atoms with Crippen LogP contribution in [0.4, 0.5) is 0 Å². The minimum Gasteiger partial charge on any atom is -0.462 e. The second-order valence-corrected chi connectivity index (χ2v) is 30.2. The molecular weight excluding hydrogens is 1190 g/mol. The Morgan fingerprint density at radius 2 is 0.533 bits per heavy atom. The normalized spacial score (nSPS) is 14.6. The summed E-state index contributed by atoms with van der Waals surface area (Å²) < 4.78 is 68.1. The minimum absolute atomic E-state index is 0.101. The van der Waals surface area contributed by atoms with E-state index in [9.17, 15) is 43.2 Å². The molecule has 19 heteroatoms. The Bertz CT molecular complexity index is 1780. The van der Waals surface area contributed by atoms with E-state index < -0.39 is 97.5 Å². The third kappa shape index (κ3) is 63.5. The fraction of sp³-hybridized carbons (Fsp3) is 0.944. The van der Waals surface area contributed by atoms with Crippen LogP contribution in [0.2, 0.25) is 0 Å². The van der Waals surface area contributed by atoms with Gasteiger partial charge in [0.05, 0.1) is 26.4 Å². The standard InChI is InChI=1S/C71H138O17P2/c1-9-64(8)50-42-34-24-20-18-16-14-12-10-11-13-15-17-19-21-25-37-45-53-70(75)87-66(57-81-68(73)51-43-35-26-22-23-31-39-47-61(2)3)59-85-89(77,78)83-55-65(72)56-84-90(79,80)86-60-67(88-71(76)54-46-38-30-28-33-41-49-63(6)7)58-82-69(74)52-44-36-29-27-32-40-48-62(4)5/h61-67,72H,9-60H2,1-8H3,(H,77,78)(H,79,80)/t64?,65-,66-,67-/m1/s1. The first kappa shape index (κ1) is 88.1. The minimum atomic E-state index is -4.95. The second kappa shape index (κ2) is 60.7. The van der Waals surface area contributed by atoms with Crippen LogP contribution in [0.1, 0.15) is 351 Å². The van der Waals surface area contributed by atoms with E-state index in [0.29, 0.717) is 43.4 Å². The third-order valence-electron chi connectivity index (χ3n) is 16.7. The van der Waals surface area contributed by atoms with E-state index in [1.54, 1.807) is 0 Å². The molecule has 6 atom stereocenters. The molecule has 0 saturated heterocycles. The van der Waals surface area contributed by atoms with Crippen LogP contribution >= 0.6 is 15.6 Å². The molecular formula is C71H138O17P2. The SMILES string of the molecule is CCC(C)CCCCCCCCCCCCCCCCCCCCC(=O)O[C@H](COC(=O)CCCCCCCCCC(C)C)COP(=O)(O)OC[C@@H](O)COP(=O)(O)OC[C@@H](COC(=O)CCCCCCCCC(C)C)OC(=O)CCCCCCCCC(C)C. The van der Waals surface area contributed by atoms with Crippen molar-refractivity contribution in [1.82, 2.24) is 0 Å². The van der Waals surface area contributed by atoms with Gasteiger partial charge in [0.15, 0.2) is 12.2 Å². The number of hydrogen-bond donors (Lipinski definition) is 3. The summed E-state index contributed by atoms with van der Waals surface area (Å²) >= 11 is 0. The first-order valence-electron chi connectivity index (χ1n) is 36.7. The van der Waals surface area contributed by atoms with E-state index in [4.69, 9.17) is 37.0 Å². The van der Waals surface area contributed by atoms with Gasteiger partial charge in [-0.2, -0.15) is 0 Å². The molecule has 0 heterocycles. The number of carbonyl (C=O) groups is 4. The van der Waals surface area contributed by atoms with E-state index in [1.165, 1.54) is 141 Å². The molecule has 0 aliphatic heterocycles. The molecule has 0 bridgehead atoms. The van der Waals surface area contributed by atoms with E-state index in [0.717, 1.165) is 109 Å². The molecule has 90 heavy (non-hydrogen) atoms. The van der Waals surface area contributed by atoms with Crippen molar-refractivity contribution in [3.63, 3.8) is 0 Å². The fourth-order valence-corrected chi connectivity index (χ4v) is 12.2. The first-order valence-corrected chi connectivity index (χ1v) is 39.7. The zero-order valence-corrected chi connectivity index (χ0v) is 60.6. The van der Waals surface area contributed by atoms with Crippen molar-refractivity contribution in [2.24, 2.45) is 23.7 Å². The molecule has 3 unspecified atom stereocenters. The maximum Gasteiger partial charge on any atom is 0.472 e. The van der Waals surface area contributed by atoms with Crippen LogP contribution in [0.5, 0.6) is 0 Å². The molecule has 0 aromatic rings. The van der Waals surface area contributed by atoms with Crippen molar-refractivity contribution in [3.05, 3.63) is 0 Å². The highest BCUT2D eigenvalue weighted by atomic mass is 31.2. The number of esters is 4. The maximum absolute atomic E-state index is 13.0. The zero-order valence-electron chi connectivity index (χ0n) is 58.8. The van der Waals surface area contributed by atoms with Gasteiger partial charge in [0.25, 0.3) is 0 Å². The summed E-state index contributed by atoms with van der Waals surface area (Å²) in [5.41, 5.74) is 0. The largest absolute Gasteiger partial charge is 0.472 e. The lowest BCUT2D eigenvalue weighted by Gasteiger charge is -2.21. The average molecular weight is 1330 g/mol. The Kier molecular flexibility index (Phi) is 59.4. The monoisotopic (exact) mass is 1320 g/mol. The van der Waals surface area contributed by atoms with Gasteiger partial charge >= 0.3 is 39.5 Å². The van der Waals surface area contributed by atoms with Crippen LogP contribution in [0, 0.1) is 23.7 Å². The highest BCUT2D eigenvalue weighted by molar-refractivity contribution is 7.47. The Morgan fingerprint density at radius 3 is 0.789 bits per heavy atom. The van der Waals surface area contributed by atoms with Crippen molar-refractivity contribution < 1.29 is 80.2 Å². The maximum atomic E-state index is 13.0. The van der Waals surface area contributed by atoms with Crippen LogP contribution < -0.4 is 0 Å². The van der Waals surface area contributed by atoms with Crippen molar-refractivity contribution in [2.75, 3.05) is 39.6 Å². The van der Waals surface area contributed by atoms with Crippen LogP contribution in [0.3, 0.4) is 0 Å². The lowest BCUT2D eigenvalue weighted by Crippen LogP contribution is -2.30. The van der Waals surface area contributed by atoms with E-state index in [1.807, 2.05) is 0 Å². The highest BCUT2D eigenvalue weighted by Crippen LogP contribution is 2.45. The molecule has 17 nitrogen and oxygen atoms in total. The summed E-state index contributed by atoms with van der Waals surface area (Å²) in [6, 6.07) is 0. The number of aliphatic hydroxyl groups excluding tert-OH is 1. The molecule has 0 radical (unpaired) electrons. The Morgan fingerprint density at radius 1 is 0.311 bits per heavy atom. The average Bonchev–Trinajstić information content (AvgIpc) is 3.17. The lowest BCUT2D eigenvalue weighted by molar-refractivity contribution is -0.161. The van der Waals surface area contributed by atoms with Gasteiger partial charge < -0.3 is 33.8 Å². The Hall–Kier alpha value is -1.94. The Labute approximate surface area is 549 Å². The summed E-state index contributed by atoms with van der Waals surface area (Å²) in [6.45, 7) is 14.0. The molecule has 0 saturated carbocycles. The molecule has 0 spiro atoms. The van der Waals surface area contributed by atoms with Gasteiger partial charge in [-0.05, 0) is 49.4 Å². The zero-order chi connectivity index (χ0) is 66.8. The number of phosphoric ester groups is 2. The number of unbranched alkanes of at least 4 members (excludes halogenated alkanes) is 33. The fourth-order valence-electron chi connectivity index (χ4n) is 10.6. The van der Waals surface area contributed by atoms with Crippen LogP contribution in [0.25, 0.3) is 0 Å². The number of hydrogen-bond acceptors (Lipinski definition) is 15. The quantitative estimate of drug-likeness (QED) is 0.0222. The number of ether oxygens (including phenoxy) is 4. The van der Waals surface area contributed by atoms with Crippen molar-refractivity contribution >= 4 is 39.5 Å². The molecule has 3 N–H and O–H groups in total. The number of aliphatic hydroxyl groups is 1. The summed E-state index contributed by atoms with van der Waals surface area (Å²) in [5, 5.41) is 10.6. The second-order valence-electron chi connectivity index (χ2n) is 27.3. The van der Waals surface area contributed by atoms with Gasteiger partial charge in [-0.3, -0.25) is 37.3 Å². The van der Waals surface area contributed by atoms with Gasteiger partial charge in [0, 0.05) is 25.7 Å². The molecule has 0 aromatic carbocycles. The van der Waals surface area contributed by atoms with E-state index in [-0.39, 0.29) is 25.7 Å². The van der Waals surface area contributed by atoms with E-state index >= 15 is 0 Å². The predicted octanol–water partition coefficient (Wildman–Crippen LogP) is 20.1. The molecule has 0 amide bonds. The summed E-state index contributed by atoms with van der Waals surface area (Å²) in [6.07, 6.45) is 43.7. The lowest BCUT2D eigenvalue weighted by atomic mass is 9.99. The molecule has 0 fully saturated rings. The number of carbonyl (C=O) groups excluding carboxylic acids is 4. The van der Waals surface area contributed by atoms with Crippen LogP contribution in [-0.4, -0.2) is 96.7 Å². The summed E-state index contributed by atoms with van der Waals surface area (Å²) in [4.78, 5) is 72.4. The van der Waals surface area contributed by atoms with E-state index in [2.05, 4.69) is 55.4 Å². The van der Waals surface area contributed by atoms with Gasteiger partial charge in [-0.1, -0.05) is 299 Å². The van der Waals surface area contributed by atoms with Gasteiger partial charge in [-0.15, -0.1) is 0 Å². The Balaban J connectivity index is 5.12. The number of phosphoric acid groups is 2. The molecule has 0 rings (SSSR count). The van der Waals surface area contributed by atoms with Crippen molar-refractivity contribution in [1.29, 1.82) is 0 Å².